The molecule has 0 aromatic rings. The van der Waals surface area contributed by atoms with Crippen LogP contribution in [0.4, 0.5) is 0 Å². The van der Waals surface area contributed by atoms with Crippen LogP contribution in [0.25, 0.3) is 0 Å². The van der Waals surface area contributed by atoms with Crippen molar-refractivity contribution >= 4 is 0 Å². The van der Waals surface area contributed by atoms with E-state index in [9.17, 15) is 0 Å². The van der Waals surface area contributed by atoms with E-state index in [1.165, 1.54) is 6.42 Å². The molecule has 0 aromatic heterocycles. The first-order valence-corrected chi connectivity index (χ1v) is 8.82. The lowest BCUT2D eigenvalue weighted by molar-refractivity contribution is -0.577. The summed E-state index contributed by atoms with van der Waals surface area (Å²) in [5.41, 5.74) is -0.472. The van der Waals surface area contributed by atoms with Gasteiger partial charge in [-0.1, -0.05) is 13.8 Å². The van der Waals surface area contributed by atoms with Gasteiger partial charge in [0, 0.05) is 24.9 Å². The summed E-state index contributed by atoms with van der Waals surface area (Å²) in [4.78, 5) is 11.9. The number of rotatable bonds is 2. The molecule has 4 heterocycles. The molecule has 4 saturated heterocycles. The minimum absolute atomic E-state index is 0.216. The van der Waals surface area contributed by atoms with Gasteiger partial charge in [0.15, 0.2) is 18.2 Å². The quantitative estimate of drug-likeness (QED) is 0.733. The molecule has 2 bridgehead atoms. The second kappa shape index (κ2) is 5.15. The first kappa shape index (κ1) is 15.3. The maximum atomic E-state index is 6.25. The van der Waals surface area contributed by atoms with E-state index in [0.717, 1.165) is 19.3 Å². The molecule has 0 N–H and O–H groups in total. The summed E-state index contributed by atoms with van der Waals surface area (Å²) in [5.74, 6) is 0.957. The van der Waals surface area contributed by atoms with Crippen LogP contribution in [0.1, 0.15) is 53.4 Å². The fourth-order valence-electron chi connectivity index (χ4n) is 5.23. The van der Waals surface area contributed by atoms with E-state index < -0.39 is 11.4 Å². The molecule has 3 unspecified atom stereocenters. The second-order valence-corrected chi connectivity index (χ2v) is 7.73. The number of hydrogen-bond acceptors (Lipinski definition) is 5. The van der Waals surface area contributed by atoms with Crippen LogP contribution in [-0.4, -0.2) is 30.6 Å². The van der Waals surface area contributed by atoms with Crippen LogP contribution in [-0.2, 0) is 24.0 Å². The molecule has 0 aromatic carbocycles. The van der Waals surface area contributed by atoms with E-state index in [0.29, 0.717) is 24.4 Å². The van der Waals surface area contributed by atoms with Crippen molar-refractivity contribution in [3.63, 3.8) is 0 Å². The third kappa shape index (κ3) is 1.96. The molecule has 1 saturated carbocycles. The van der Waals surface area contributed by atoms with E-state index in [-0.39, 0.29) is 18.5 Å². The van der Waals surface area contributed by atoms with Crippen LogP contribution >= 0.6 is 0 Å². The number of hydrogen-bond donors (Lipinski definition) is 0. The van der Waals surface area contributed by atoms with Crippen molar-refractivity contribution < 1.29 is 24.0 Å². The Balaban J connectivity index is 1.75. The van der Waals surface area contributed by atoms with Crippen LogP contribution in [0.3, 0.4) is 0 Å². The molecule has 5 heteroatoms. The highest BCUT2D eigenvalue weighted by atomic mass is 17.3. The lowest BCUT2D eigenvalue weighted by atomic mass is 9.58. The van der Waals surface area contributed by atoms with Gasteiger partial charge in [0.2, 0.25) is 5.79 Å². The fraction of sp³-hybridized carbons (Fsp3) is 1.00. The van der Waals surface area contributed by atoms with Gasteiger partial charge in [-0.25, -0.2) is 9.78 Å². The normalized spacial score (nSPS) is 57.3. The third-order valence-electron chi connectivity index (χ3n) is 6.43. The van der Waals surface area contributed by atoms with Gasteiger partial charge in [0.05, 0.1) is 0 Å². The zero-order valence-electron chi connectivity index (χ0n) is 14.0. The molecular weight excluding hydrogens is 284 g/mol. The van der Waals surface area contributed by atoms with Crippen molar-refractivity contribution in [3.8, 4) is 0 Å². The smallest absolute Gasteiger partial charge is 0.201 e. The molecular formula is C17H28O5. The van der Waals surface area contributed by atoms with Crippen molar-refractivity contribution in [2.45, 2.75) is 77.3 Å². The Labute approximate surface area is 132 Å². The molecule has 5 aliphatic rings. The summed E-state index contributed by atoms with van der Waals surface area (Å²) in [6.07, 6.45) is 3.66. The Bertz CT molecular complexity index is 443. The van der Waals surface area contributed by atoms with Crippen molar-refractivity contribution in [1.82, 2.24) is 0 Å². The first-order chi connectivity index (χ1) is 10.5. The molecule has 5 nitrogen and oxygen atoms in total. The minimum Gasteiger partial charge on any atom is -0.353 e. The van der Waals surface area contributed by atoms with Crippen molar-refractivity contribution in [2.75, 3.05) is 6.61 Å². The Morgan fingerprint density at radius 2 is 1.91 bits per heavy atom. The lowest BCUT2D eigenvalue weighted by Crippen LogP contribution is -2.70. The minimum atomic E-state index is -0.700. The van der Waals surface area contributed by atoms with Crippen molar-refractivity contribution in [1.29, 1.82) is 0 Å². The molecule has 0 radical (unpaired) electrons. The average Bonchev–Trinajstić information content (AvgIpc) is 2.71. The summed E-state index contributed by atoms with van der Waals surface area (Å²) in [5, 5.41) is 0. The SMILES string of the molecule is CCO[C@H]1O[C@@H]2O[C@]3(C)CCC4C(C)CCC([C@H]1C)[C@]42OO3. The topological polar surface area (TPSA) is 46.2 Å². The van der Waals surface area contributed by atoms with Crippen LogP contribution in [0.15, 0.2) is 0 Å². The molecule has 1 spiro atoms. The van der Waals surface area contributed by atoms with E-state index in [1.807, 2.05) is 13.8 Å². The largest absolute Gasteiger partial charge is 0.353 e. The molecule has 8 atom stereocenters. The summed E-state index contributed by atoms with van der Waals surface area (Å²) in [7, 11) is 0. The standard InChI is InChI=1S/C17H28O5/c1-5-18-14-11(3)13-7-6-10(2)12-8-9-16(4)20-15(19-14)17(12,13)22-21-16/h10-15H,5-9H2,1-4H3/t10?,11-,12?,13?,14+,15-,16+,17-/m1/s1. The monoisotopic (exact) mass is 312 g/mol. The number of ether oxygens (including phenoxy) is 3. The summed E-state index contributed by atoms with van der Waals surface area (Å²) in [6.45, 7) is 9.15. The van der Waals surface area contributed by atoms with Crippen LogP contribution in [0.2, 0.25) is 0 Å². The van der Waals surface area contributed by atoms with E-state index >= 15 is 0 Å². The Morgan fingerprint density at radius 1 is 1.09 bits per heavy atom. The van der Waals surface area contributed by atoms with Crippen LogP contribution in [0.5, 0.6) is 0 Å². The van der Waals surface area contributed by atoms with Gasteiger partial charge < -0.3 is 14.2 Å². The molecule has 0 amide bonds. The summed E-state index contributed by atoms with van der Waals surface area (Å²) < 4.78 is 18.3. The summed E-state index contributed by atoms with van der Waals surface area (Å²) >= 11 is 0. The maximum Gasteiger partial charge on any atom is 0.201 e. The zero-order chi connectivity index (χ0) is 15.5. The average molecular weight is 312 g/mol. The van der Waals surface area contributed by atoms with Gasteiger partial charge in [-0.3, -0.25) is 0 Å². The Hall–Kier alpha value is -0.200. The predicted octanol–water partition coefficient (Wildman–Crippen LogP) is 3.23. The second-order valence-electron chi connectivity index (χ2n) is 7.73. The maximum absolute atomic E-state index is 6.25. The fourth-order valence-corrected chi connectivity index (χ4v) is 5.23. The Kier molecular flexibility index (Phi) is 3.59. The highest BCUT2D eigenvalue weighted by Gasteiger charge is 2.69. The van der Waals surface area contributed by atoms with E-state index in [1.54, 1.807) is 0 Å². The third-order valence-corrected chi connectivity index (χ3v) is 6.43. The van der Waals surface area contributed by atoms with Crippen molar-refractivity contribution in [2.24, 2.45) is 23.7 Å². The number of fused-ring (bicyclic) bond motifs is 2. The lowest BCUT2D eigenvalue weighted by Gasteiger charge is -2.60. The van der Waals surface area contributed by atoms with Gasteiger partial charge in [0.25, 0.3) is 0 Å². The van der Waals surface area contributed by atoms with Gasteiger partial charge in [-0.2, -0.15) is 0 Å². The van der Waals surface area contributed by atoms with E-state index in [4.69, 9.17) is 24.0 Å². The predicted molar refractivity (Wildman–Crippen MR) is 78.5 cm³/mol. The van der Waals surface area contributed by atoms with Crippen molar-refractivity contribution in [3.05, 3.63) is 0 Å². The van der Waals surface area contributed by atoms with Crippen LogP contribution < -0.4 is 0 Å². The van der Waals surface area contributed by atoms with Gasteiger partial charge in [-0.05, 0) is 44.9 Å². The highest BCUT2D eigenvalue weighted by molar-refractivity contribution is 5.09. The van der Waals surface area contributed by atoms with Gasteiger partial charge >= 0.3 is 0 Å². The molecule has 1 aliphatic carbocycles. The highest BCUT2D eigenvalue weighted by Crippen LogP contribution is 2.60. The molecule has 4 aliphatic heterocycles. The van der Waals surface area contributed by atoms with Gasteiger partial charge in [-0.15, -0.1) is 0 Å². The molecule has 5 fully saturated rings. The first-order valence-electron chi connectivity index (χ1n) is 8.82. The zero-order valence-corrected chi connectivity index (χ0v) is 14.0. The van der Waals surface area contributed by atoms with E-state index in [2.05, 4.69) is 13.8 Å². The van der Waals surface area contributed by atoms with Gasteiger partial charge in [0.1, 0.15) is 0 Å². The molecule has 22 heavy (non-hydrogen) atoms. The molecule has 5 rings (SSSR count). The van der Waals surface area contributed by atoms with Crippen LogP contribution in [0, 0.1) is 23.7 Å². The molecule has 126 valence electrons. The summed E-state index contributed by atoms with van der Waals surface area (Å²) in [6, 6.07) is 0. The Morgan fingerprint density at radius 3 is 2.68 bits per heavy atom.